The zero-order valence-corrected chi connectivity index (χ0v) is 10.5. The van der Waals surface area contributed by atoms with Crippen molar-refractivity contribution in [2.24, 2.45) is 0 Å². The van der Waals surface area contributed by atoms with Crippen LogP contribution in [0.5, 0.6) is 0 Å². The molecule has 1 aliphatic rings. The normalized spacial score (nSPS) is 25.5. The molecule has 1 amide bonds. The molecule has 4 heteroatoms. The molecule has 0 saturated heterocycles. The number of hydrogen-bond acceptors (Lipinski definition) is 3. The number of amides is 1. The maximum atomic E-state index is 11.2. The van der Waals surface area contributed by atoms with Gasteiger partial charge in [-0.3, -0.25) is 4.79 Å². The molecule has 1 rings (SSSR count). The zero-order chi connectivity index (χ0) is 11.1. The monoisotopic (exact) mass is 230 g/mol. The summed E-state index contributed by atoms with van der Waals surface area (Å²) in [6.07, 6.45) is 3.74. The number of hydrogen-bond donors (Lipinski definition) is 2. The Bertz CT molecular complexity index is 199. The van der Waals surface area contributed by atoms with Crippen LogP contribution in [0.4, 0.5) is 0 Å². The Morgan fingerprint density at radius 2 is 2.20 bits per heavy atom. The zero-order valence-electron chi connectivity index (χ0n) is 9.71. The van der Waals surface area contributed by atoms with Crippen LogP contribution in [0.3, 0.4) is 0 Å². The summed E-state index contributed by atoms with van der Waals surface area (Å²) >= 11 is 2.05. The van der Waals surface area contributed by atoms with Crippen molar-refractivity contribution in [3.05, 3.63) is 0 Å². The molecule has 0 aromatic rings. The fraction of sp³-hybridized carbons (Fsp3) is 0.909. The fourth-order valence-electron chi connectivity index (χ4n) is 2.01. The predicted octanol–water partition coefficient (Wildman–Crippen LogP) is 1.39. The van der Waals surface area contributed by atoms with Gasteiger partial charge in [-0.2, -0.15) is 11.8 Å². The van der Waals surface area contributed by atoms with Crippen LogP contribution < -0.4 is 10.6 Å². The highest BCUT2D eigenvalue weighted by molar-refractivity contribution is 7.99. The average molecular weight is 230 g/mol. The van der Waals surface area contributed by atoms with E-state index in [-0.39, 0.29) is 5.91 Å². The van der Waals surface area contributed by atoms with E-state index in [4.69, 9.17) is 0 Å². The molecule has 1 fully saturated rings. The lowest BCUT2D eigenvalue weighted by molar-refractivity contribution is -0.120. The first-order chi connectivity index (χ1) is 7.26. The molecule has 2 unspecified atom stereocenters. The van der Waals surface area contributed by atoms with E-state index >= 15 is 0 Å². The van der Waals surface area contributed by atoms with Crippen LogP contribution in [0.25, 0.3) is 0 Å². The van der Waals surface area contributed by atoms with Crippen molar-refractivity contribution in [3.63, 3.8) is 0 Å². The molecule has 2 N–H and O–H groups in total. The molecular weight excluding hydrogens is 208 g/mol. The minimum absolute atomic E-state index is 0.115. The first-order valence-corrected chi connectivity index (χ1v) is 6.92. The third kappa shape index (κ3) is 4.89. The predicted molar refractivity (Wildman–Crippen MR) is 66.2 cm³/mol. The summed E-state index contributed by atoms with van der Waals surface area (Å²) in [4.78, 5) is 11.2. The van der Waals surface area contributed by atoms with Gasteiger partial charge in [0.25, 0.3) is 0 Å². The Balaban J connectivity index is 2.10. The van der Waals surface area contributed by atoms with Gasteiger partial charge in [-0.1, -0.05) is 6.92 Å². The summed E-state index contributed by atoms with van der Waals surface area (Å²) in [5.41, 5.74) is 0. The van der Waals surface area contributed by atoms with Gasteiger partial charge in [0.2, 0.25) is 5.91 Å². The number of nitrogens with one attached hydrogen (secondary N) is 2. The Hall–Kier alpha value is -0.220. The molecule has 2 atom stereocenters. The SMILES string of the molecule is CCNC(=O)CNC1CCC(SCC)C1. The van der Waals surface area contributed by atoms with Crippen molar-refractivity contribution in [3.8, 4) is 0 Å². The van der Waals surface area contributed by atoms with Crippen molar-refractivity contribution in [2.45, 2.75) is 44.4 Å². The Morgan fingerprint density at radius 3 is 2.87 bits per heavy atom. The molecule has 88 valence electrons. The van der Waals surface area contributed by atoms with Crippen LogP contribution >= 0.6 is 11.8 Å². The minimum atomic E-state index is 0.115. The number of rotatable bonds is 6. The summed E-state index contributed by atoms with van der Waals surface area (Å²) < 4.78 is 0. The second-order valence-electron chi connectivity index (χ2n) is 3.92. The van der Waals surface area contributed by atoms with Crippen LogP contribution in [0.1, 0.15) is 33.1 Å². The first-order valence-electron chi connectivity index (χ1n) is 5.88. The third-order valence-electron chi connectivity index (χ3n) is 2.71. The largest absolute Gasteiger partial charge is 0.355 e. The van der Waals surface area contributed by atoms with E-state index in [0.29, 0.717) is 12.6 Å². The Morgan fingerprint density at radius 1 is 1.40 bits per heavy atom. The van der Waals surface area contributed by atoms with Gasteiger partial charge in [-0.15, -0.1) is 0 Å². The Kier molecular flexibility index (Phi) is 6.10. The van der Waals surface area contributed by atoms with E-state index in [1.807, 2.05) is 18.7 Å². The van der Waals surface area contributed by atoms with Crippen LogP contribution in [-0.4, -0.2) is 36.0 Å². The fourth-order valence-corrected chi connectivity index (χ4v) is 3.15. The highest BCUT2D eigenvalue weighted by Crippen LogP contribution is 2.29. The molecule has 15 heavy (non-hydrogen) atoms. The molecule has 0 spiro atoms. The van der Waals surface area contributed by atoms with Gasteiger partial charge in [-0.25, -0.2) is 0 Å². The van der Waals surface area contributed by atoms with Crippen molar-refractivity contribution in [1.82, 2.24) is 10.6 Å². The molecule has 0 aromatic heterocycles. The molecule has 3 nitrogen and oxygen atoms in total. The van der Waals surface area contributed by atoms with E-state index in [1.54, 1.807) is 0 Å². The molecular formula is C11H22N2OS. The maximum Gasteiger partial charge on any atom is 0.233 e. The molecule has 0 aromatic carbocycles. The van der Waals surface area contributed by atoms with E-state index in [0.717, 1.165) is 11.8 Å². The molecule has 0 bridgehead atoms. The van der Waals surface area contributed by atoms with E-state index < -0.39 is 0 Å². The first kappa shape index (κ1) is 12.8. The van der Waals surface area contributed by atoms with Gasteiger partial charge < -0.3 is 10.6 Å². The lowest BCUT2D eigenvalue weighted by atomic mass is 10.2. The summed E-state index contributed by atoms with van der Waals surface area (Å²) in [6.45, 7) is 5.35. The molecule has 0 heterocycles. The smallest absolute Gasteiger partial charge is 0.233 e. The summed E-state index contributed by atoms with van der Waals surface area (Å²) in [5.74, 6) is 1.32. The Labute approximate surface area is 96.8 Å². The van der Waals surface area contributed by atoms with Gasteiger partial charge in [0, 0.05) is 17.8 Å². The quantitative estimate of drug-likeness (QED) is 0.724. The van der Waals surface area contributed by atoms with Crippen molar-refractivity contribution < 1.29 is 4.79 Å². The topological polar surface area (TPSA) is 41.1 Å². The van der Waals surface area contributed by atoms with Crippen molar-refractivity contribution in [1.29, 1.82) is 0 Å². The van der Waals surface area contributed by atoms with Crippen molar-refractivity contribution in [2.75, 3.05) is 18.8 Å². The second kappa shape index (κ2) is 7.12. The van der Waals surface area contributed by atoms with E-state index in [9.17, 15) is 4.79 Å². The molecule has 1 aliphatic carbocycles. The summed E-state index contributed by atoms with van der Waals surface area (Å²) in [7, 11) is 0. The average Bonchev–Trinajstić information content (AvgIpc) is 2.64. The van der Waals surface area contributed by atoms with Gasteiger partial charge in [0.05, 0.1) is 6.54 Å². The van der Waals surface area contributed by atoms with E-state index in [2.05, 4.69) is 17.6 Å². The minimum Gasteiger partial charge on any atom is -0.355 e. The van der Waals surface area contributed by atoms with Crippen LogP contribution in [0.2, 0.25) is 0 Å². The van der Waals surface area contributed by atoms with Crippen LogP contribution in [0, 0.1) is 0 Å². The lowest BCUT2D eigenvalue weighted by Gasteiger charge is -2.12. The highest BCUT2D eigenvalue weighted by atomic mass is 32.2. The standard InChI is InChI=1S/C11H22N2OS/c1-3-12-11(14)8-13-9-5-6-10(7-9)15-4-2/h9-10,13H,3-8H2,1-2H3,(H,12,14). The van der Waals surface area contributed by atoms with Crippen LogP contribution in [-0.2, 0) is 4.79 Å². The number of carbonyl (C=O) groups excluding carboxylic acids is 1. The van der Waals surface area contributed by atoms with Gasteiger partial charge >= 0.3 is 0 Å². The number of thioether (sulfide) groups is 1. The van der Waals surface area contributed by atoms with E-state index in [1.165, 1.54) is 25.0 Å². The van der Waals surface area contributed by atoms with Gasteiger partial charge in [-0.05, 0) is 31.9 Å². The summed E-state index contributed by atoms with van der Waals surface area (Å²) in [6, 6.07) is 0.552. The lowest BCUT2D eigenvalue weighted by Crippen LogP contribution is -2.38. The number of likely N-dealkylation sites (N-methyl/N-ethyl adjacent to an activating group) is 1. The van der Waals surface area contributed by atoms with Gasteiger partial charge in [0.1, 0.15) is 0 Å². The maximum absolute atomic E-state index is 11.2. The molecule has 0 aliphatic heterocycles. The third-order valence-corrected chi connectivity index (χ3v) is 3.95. The van der Waals surface area contributed by atoms with Gasteiger partial charge in [0.15, 0.2) is 0 Å². The summed E-state index contributed by atoms with van der Waals surface area (Å²) in [5, 5.41) is 6.94. The highest BCUT2D eigenvalue weighted by Gasteiger charge is 2.24. The molecule has 1 saturated carbocycles. The molecule has 0 radical (unpaired) electrons. The van der Waals surface area contributed by atoms with Crippen LogP contribution in [0.15, 0.2) is 0 Å². The number of carbonyl (C=O) groups is 1. The second-order valence-corrected chi connectivity index (χ2v) is 5.50. The van der Waals surface area contributed by atoms with Crippen molar-refractivity contribution >= 4 is 17.7 Å².